The lowest BCUT2D eigenvalue weighted by molar-refractivity contribution is 0.0675. The zero-order chi connectivity index (χ0) is 15.8. The van der Waals surface area contributed by atoms with E-state index >= 15 is 0 Å². The van der Waals surface area contributed by atoms with E-state index in [1.54, 1.807) is 23.6 Å². The second kappa shape index (κ2) is 8.45. The Balaban J connectivity index is 0.00000113. The van der Waals surface area contributed by atoms with Gasteiger partial charge in [-0.05, 0) is 37.9 Å². The van der Waals surface area contributed by atoms with Gasteiger partial charge in [-0.1, -0.05) is 12.1 Å². The van der Waals surface area contributed by atoms with Crippen molar-refractivity contribution in [3.8, 4) is 10.6 Å². The van der Waals surface area contributed by atoms with E-state index in [9.17, 15) is 9.18 Å². The Kier molecular flexibility index (Phi) is 6.79. The number of halogens is 3. The molecule has 2 aliphatic heterocycles. The molecular weight excluding hydrogens is 384 g/mol. The van der Waals surface area contributed by atoms with Gasteiger partial charge in [-0.15, -0.1) is 36.2 Å². The number of nitrogens with zero attached hydrogens (tertiary/aromatic N) is 2. The summed E-state index contributed by atoms with van der Waals surface area (Å²) in [7, 11) is 0. The van der Waals surface area contributed by atoms with Crippen molar-refractivity contribution in [3.05, 3.63) is 41.2 Å². The van der Waals surface area contributed by atoms with E-state index in [2.05, 4.69) is 10.3 Å². The molecular formula is C17H20Cl2FN3OS. The Morgan fingerprint density at radius 2 is 1.96 bits per heavy atom. The lowest BCUT2D eigenvalue weighted by atomic mass is 10.1. The van der Waals surface area contributed by atoms with Gasteiger partial charge >= 0.3 is 0 Å². The van der Waals surface area contributed by atoms with Gasteiger partial charge in [-0.2, -0.15) is 0 Å². The standard InChI is InChI=1S/C17H18FN3OS.2ClH/c18-14-4-2-1-3-13(14)16-20-15(10-23-16)17(22)21-11-5-6-12(21)9-19-8-7-11;;/h1-4,10-12,19H,5-9H2;2*1H. The van der Waals surface area contributed by atoms with Crippen LogP contribution in [0.15, 0.2) is 29.6 Å². The van der Waals surface area contributed by atoms with Crippen LogP contribution in [0.3, 0.4) is 0 Å². The van der Waals surface area contributed by atoms with Gasteiger partial charge in [-0.25, -0.2) is 9.37 Å². The minimum absolute atomic E-state index is 0. The fraction of sp³-hybridized carbons (Fsp3) is 0.412. The smallest absolute Gasteiger partial charge is 0.273 e. The normalized spacial score (nSPS) is 21.9. The van der Waals surface area contributed by atoms with Crippen LogP contribution in [0.25, 0.3) is 10.6 Å². The highest BCUT2D eigenvalue weighted by Crippen LogP contribution is 2.31. The van der Waals surface area contributed by atoms with Crippen molar-refractivity contribution >= 4 is 42.1 Å². The molecule has 2 fully saturated rings. The first-order valence-electron chi connectivity index (χ1n) is 7.98. The summed E-state index contributed by atoms with van der Waals surface area (Å²) in [5.41, 5.74) is 0.893. The highest BCUT2D eigenvalue weighted by atomic mass is 35.5. The Hall–Kier alpha value is -1.21. The Labute approximate surface area is 162 Å². The molecule has 1 amide bonds. The maximum Gasteiger partial charge on any atom is 0.273 e. The predicted molar refractivity (Wildman–Crippen MR) is 102 cm³/mol. The maximum absolute atomic E-state index is 13.9. The third-order valence-corrected chi connectivity index (χ3v) is 5.59. The van der Waals surface area contributed by atoms with E-state index < -0.39 is 0 Å². The molecule has 136 valence electrons. The van der Waals surface area contributed by atoms with Crippen molar-refractivity contribution in [2.75, 3.05) is 13.1 Å². The molecule has 4 rings (SSSR count). The molecule has 0 radical (unpaired) electrons. The number of hydrogen-bond donors (Lipinski definition) is 1. The number of hydrogen-bond acceptors (Lipinski definition) is 4. The van der Waals surface area contributed by atoms with Crippen molar-refractivity contribution in [2.45, 2.75) is 31.3 Å². The highest BCUT2D eigenvalue weighted by Gasteiger charge is 2.39. The summed E-state index contributed by atoms with van der Waals surface area (Å²) < 4.78 is 13.9. The molecule has 2 atom stereocenters. The first-order valence-corrected chi connectivity index (χ1v) is 8.86. The van der Waals surface area contributed by atoms with Crippen LogP contribution in [-0.4, -0.2) is 41.0 Å². The third kappa shape index (κ3) is 3.82. The number of aromatic nitrogens is 1. The largest absolute Gasteiger partial charge is 0.330 e. The summed E-state index contributed by atoms with van der Waals surface area (Å²) in [5, 5.41) is 5.71. The number of carbonyl (C=O) groups excluding carboxylic acids is 1. The van der Waals surface area contributed by atoms with Crippen LogP contribution >= 0.6 is 36.2 Å². The maximum atomic E-state index is 13.9. The van der Waals surface area contributed by atoms with Crippen molar-refractivity contribution in [2.24, 2.45) is 0 Å². The number of carbonyl (C=O) groups is 1. The zero-order valence-electron chi connectivity index (χ0n) is 13.5. The average molecular weight is 404 g/mol. The average Bonchev–Trinajstić information content (AvgIpc) is 3.11. The number of fused-ring (bicyclic) bond motifs is 2. The minimum atomic E-state index is -0.306. The fourth-order valence-corrected chi connectivity index (χ4v) is 4.40. The molecule has 2 aromatic rings. The van der Waals surface area contributed by atoms with Crippen molar-refractivity contribution in [1.29, 1.82) is 0 Å². The molecule has 1 aromatic carbocycles. The molecule has 0 saturated carbocycles. The molecule has 2 bridgehead atoms. The van der Waals surface area contributed by atoms with Crippen molar-refractivity contribution in [1.82, 2.24) is 15.2 Å². The fourth-order valence-electron chi connectivity index (χ4n) is 3.58. The minimum Gasteiger partial charge on any atom is -0.330 e. The number of benzene rings is 1. The van der Waals surface area contributed by atoms with E-state index in [1.165, 1.54) is 17.4 Å². The van der Waals surface area contributed by atoms with Crippen LogP contribution in [0.4, 0.5) is 4.39 Å². The summed E-state index contributed by atoms with van der Waals surface area (Å²) in [6, 6.07) is 7.11. The molecule has 2 unspecified atom stereocenters. The van der Waals surface area contributed by atoms with E-state index in [1.807, 2.05) is 4.90 Å². The molecule has 0 aliphatic carbocycles. The van der Waals surface area contributed by atoms with Gasteiger partial charge in [0.2, 0.25) is 0 Å². The molecule has 0 spiro atoms. The Bertz CT molecular complexity index is 728. The Morgan fingerprint density at radius 3 is 2.76 bits per heavy atom. The zero-order valence-corrected chi connectivity index (χ0v) is 15.9. The molecule has 3 heterocycles. The second-order valence-corrected chi connectivity index (χ2v) is 6.97. The van der Waals surface area contributed by atoms with E-state index in [-0.39, 0.29) is 42.6 Å². The molecule has 8 heteroatoms. The number of nitrogens with one attached hydrogen (secondary N) is 1. The quantitative estimate of drug-likeness (QED) is 0.829. The van der Waals surface area contributed by atoms with Crippen LogP contribution in [0.1, 0.15) is 29.8 Å². The van der Waals surface area contributed by atoms with Crippen molar-refractivity contribution < 1.29 is 9.18 Å². The van der Waals surface area contributed by atoms with Gasteiger partial charge in [-0.3, -0.25) is 4.79 Å². The topological polar surface area (TPSA) is 45.2 Å². The van der Waals surface area contributed by atoms with Gasteiger partial charge in [0.25, 0.3) is 5.91 Å². The van der Waals surface area contributed by atoms with Crippen LogP contribution in [0.2, 0.25) is 0 Å². The first kappa shape index (κ1) is 20.1. The van der Waals surface area contributed by atoms with Crippen molar-refractivity contribution in [3.63, 3.8) is 0 Å². The number of thiazole rings is 1. The summed E-state index contributed by atoms with van der Waals surface area (Å²) >= 11 is 1.32. The van der Waals surface area contributed by atoms with E-state index in [0.29, 0.717) is 22.3 Å². The van der Waals surface area contributed by atoms with Gasteiger partial charge < -0.3 is 10.2 Å². The first-order chi connectivity index (χ1) is 11.2. The monoisotopic (exact) mass is 403 g/mol. The van der Waals surface area contributed by atoms with Gasteiger partial charge in [0.15, 0.2) is 0 Å². The third-order valence-electron chi connectivity index (χ3n) is 4.72. The Morgan fingerprint density at radius 1 is 1.20 bits per heavy atom. The molecule has 4 nitrogen and oxygen atoms in total. The van der Waals surface area contributed by atoms with Gasteiger partial charge in [0, 0.05) is 29.6 Å². The molecule has 2 aliphatic rings. The second-order valence-electron chi connectivity index (χ2n) is 6.11. The summed E-state index contributed by atoms with van der Waals surface area (Å²) in [6.45, 7) is 1.81. The molecule has 25 heavy (non-hydrogen) atoms. The molecule has 1 aromatic heterocycles. The predicted octanol–water partition coefficient (Wildman–Crippen LogP) is 3.76. The van der Waals surface area contributed by atoms with Crippen LogP contribution < -0.4 is 5.32 Å². The summed E-state index contributed by atoms with van der Waals surface area (Å²) in [5.74, 6) is -0.320. The van der Waals surface area contributed by atoms with Crippen LogP contribution in [-0.2, 0) is 0 Å². The molecule has 2 saturated heterocycles. The van der Waals surface area contributed by atoms with E-state index in [0.717, 1.165) is 32.4 Å². The van der Waals surface area contributed by atoms with Gasteiger partial charge in [0.1, 0.15) is 16.5 Å². The SMILES string of the molecule is Cl.Cl.O=C(c1csc(-c2ccccc2F)n1)N1C2CCNCC1CC2. The summed E-state index contributed by atoms with van der Waals surface area (Å²) in [4.78, 5) is 19.3. The lowest BCUT2D eigenvalue weighted by Gasteiger charge is -2.27. The van der Waals surface area contributed by atoms with Crippen LogP contribution in [0, 0.1) is 5.82 Å². The van der Waals surface area contributed by atoms with Gasteiger partial charge in [0.05, 0.1) is 0 Å². The summed E-state index contributed by atoms with van der Waals surface area (Å²) in [6.07, 6.45) is 3.11. The van der Waals surface area contributed by atoms with E-state index in [4.69, 9.17) is 0 Å². The highest BCUT2D eigenvalue weighted by molar-refractivity contribution is 7.13. The number of rotatable bonds is 2. The van der Waals surface area contributed by atoms with Crippen LogP contribution in [0.5, 0.6) is 0 Å². The number of amides is 1. The molecule has 1 N–H and O–H groups in total. The lowest BCUT2D eigenvalue weighted by Crippen LogP contribution is -2.42.